The van der Waals surface area contributed by atoms with E-state index in [1.807, 2.05) is 0 Å². The maximum Gasteiger partial charge on any atom is 0.121 e. The van der Waals surface area contributed by atoms with Crippen molar-refractivity contribution in [3.05, 3.63) is 23.7 Å². The summed E-state index contributed by atoms with van der Waals surface area (Å²) in [5, 5.41) is 0. The van der Waals surface area contributed by atoms with Crippen molar-refractivity contribution < 1.29 is 9.15 Å². The van der Waals surface area contributed by atoms with Gasteiger partial charge >= 0.3 is 0 Å². The van der Waals surface area contributed by atoms with Crippen molar-refractivity contribution in [1.29, 1.82) is 0 Å². The number of aryl methyl sites for hydroxylation is 1. The van der Waals surface area contributed by atoms with Crippen molar-refractivity contribution in [1.82, 2.24) is 0 Å². The highest BCUT2D eigenvalue weighted by Crippen LogP contribution is 2.44. The summed E-state index contributed by atoms with van der Waals surface area (Å²) in [5.41, 5.74) is 6.58. The molecule has 1 aliphatic carbocycles. The lowest BCUT2D eigenvalue weighted by molar-refractivity contribution is -0.0971. The minimum absolute atomic E-state index is 0.0293. The Morgan fingerprint density at radius 1 is 1.37 bits per heavy atom. The van der Waals surface area contributed by atoms with Gasteiger partial charge in [0.2, 0.25) is 0 Å². The second-order valence-electron chi connectivity index (χ2n) is 6.17. The SMILES string of the molecule is CCc1ccc(C(N)C2CCOC3(CCCC3)C2)o1. The number of furan rings is 1. The fourth-order valence-corrected chi connectivity index (χ4v) is 3.74. The molecule has 19 heavy (non-hydrogen) atoms. The lowest BCUT2D eigenvalue weighted by Gasteiger charge is -2.40. The molecule has 3 rings (SSSR count). The van der Waals surface area contributed by atoms with E-state index in [4.69, 9.17) is 14.9 Å². The molecule has 3 heteroatoms. The Hall–Kier alpha value is -0.800. The highest BCUT2D eigenvalue weighted by atomic mass is 16.5. The van der Waals surface area contributed by atoms with E-state index in [-0.39, 0.29) is 11.6 Å². The van der Waals surface area contributed by atoms with Crippen LogP contribution in [-0.4, -0.2) is 12.2 Å². The van der Waals surface area contributed by atoms with Gasteiger partial charge in [-0.1, -0.05) is 19.8 Å². The third kappa shape index (κ3) is 2.59. The third-order valence-electron chi connectivity index (χ3n) is 4.91. The van der Waals surface area contributed by atoms with E-state index in [1.54, 1.807) is 0 Å². The predicted molar refractivity (Wildman–Crippen MR) is 74.9 cm³/mol. The highest BCUT2D eigenvalue weighted by molar-refractivity contribution is 5.12. The second-order valence-corrected chi connectivity index (χ2v) is 6.17. The van der Waals surface area contributed by atoms with Gasteiger partial charge in [0.05, 0.1) is 11.6 Å². The first kappa shape index (κ1) is 13.2. The summed E-state index contributed by atoms with van der Waals surface area (Å²) < 4.78 is 11.9. The van der Waals surface area contributed by atoms with Gasteiger partial charge in [-0.3, -0.25) is 0 Å². The van der Waals surface area contributed by atoms with Crippen LogP contribution in [0.4, 0.5) is 0 Å². The molecular formula is C16H25NO2. The molecule has 0 amide bonds. The van der Waals surface area contributed by atoms with Gasteiger partial charge in [0.25, 0.3) is 0 Å². The smallest absolute Gasteiger partial charge is 0.121 e. The lowest BCUT2D eigenvalue weighted by atomic mass is 9.80. The van der Waals surface area contributed by atoms with Gasteiger partial charge in [0.1, 0.15) is 11.5 Å². The summed E-state index contributed by atoms with van der Waals surface area (Å²) in [5.74, 6) is 2.49. The molecular weight excluding hydrogens is 238 g/mol. The molecule has 2 atom stereocenters. The average Bonchev–Trinajstić information content (AvgIpc) is 3.07. The van der Waals surface area contributed by atoms with Crippen molar-refractivity contribution in [2.75, 3.05) is 6.61 Å². The van der Waals surface area contributed by atoms with Gasteiger partial charge in [-0.2, -0.15) is 0 Å². The van der Waals surface area contributed by atoms with Crippen molar-refractivity contribution >= 4 is 0 Å². The van der Waals surface area contributed by atoms with E-state index in [0.29, 0.717) is 5.92 Å². The molecule has 2 unspecified atom stereocenters. The van der Waals surface area contributed by atoms with E-state index in [9.17, 15) is 0 Å². The maximum atomic E-state index is 6.44. The number of hydrogen-bond donors (Lipinski definition) is 1. The Labute approximate surface area is 115 Å². The molecule has 2 fully saturated rings. The van der Waals surface area contributed by atoms with Gasteiger partial charge in [0.15, 0.2) is 0 Å². The van der Waals surface area contributed by atoms with Gasteiger partial charge in [-0.15, -0.1) is 0 Å². The molecule has 0 aromatic carbocycles. The van der Waals surface area contributed by atoms with Crippen LogP contribution >= 0.6 is 0 Å². The standard InChI is InChI=1S/C16H25NO2/c1-2-13-5-6-14(19-13)15(17)12-7-10-18-16(11-12)8-3-4-9-16/h5-6,12,15H,2-4,7-11,17H2,1H3. The van der Waals surface area contributed by atoms with Gasteiger partial charge in [-0.25, -0.2) is 0 Å². The minimum Gasteiger partial charge on any atom is -0.464 e. The molecule has 3 nitrogen and oxygen atoms in total. The van der Waals surface area contributed by atoms with E-state index in [2.05, 4.69) is 19.1 Å². The van der Waals surface area contributed by atoms with E-state index in [1.165, 1.54) is 25.7 Å². The second kappa shape index (κ2) is 5.29. The summed E-state index contributed by atoms with van der Waals surface area (Å²) in [4.78, 5) is 0. The summed E-state index contributed by atoms with van der Waals surface area (Å²) in [6.07, 6.45) is 8.15. The zero-order valence-corrected chi connectivity index (χ0v) is 11.9. The average molecular weight is 263 g/mol. The van der Waals surface area contributed by atoms with E-state index < -0.39 is 0 Å². The van der Waals surface area contributed by atoms with Crippen LogP contribution in [0.15, 0.2) is 16.5 Å². The molecule has 1 spiro atoms. The fourth-order valence-electron chi connectivity index (χ4n) is 3.74. The van der Waals surface area contributed by atoms with Crippen LogP contribution in [0.1, 0.15) is 63.0 Å². The Kier molecular flexibility index (Phi) is 3.68. The predicted octanol–water partition coefficient (Wildman–Crippen LogP) is 3.58. The number of hydrogen-bond acceptors (Lipinski definition) is 3. The van der Waals surface area contributed by atoms with Crippen molar-refractivity contribution in [2.24, 2.45) is 11.7 Å². The van der Waals surface area contributed by atoms with Crippen LogP contribution < -0.4 is 5.73 Å². The van der Waals surface area contributed by atoms with Crippen LogP contribution in [0.5, 0.6) is 0 Å². The Bertz CT molecular complexity index is 420. The first-order chi connectivity index (χ1) is 9.22. The maximum absolute atomic E-state index is 6.44. The van der Waals surface area contributed by atoms with Gasteiger partial charge < -0.3 is 14.9 Å². The zero-order chi connectivity index (χ0) is 13.3. The molecule has 1 aliphatic heterocycles. The van der Waals surface area contributed by atoms with E-state index in [0.717, 1.165) is 37.4 Å². The zero-order valence-electron chi connectivity index (χ0n) is 11.9. The minimum atomic E-state index is 0.0293. The molecule has 2 heterocycles. The molecule has 1 saturated heterocycles. The summed E-state index contributed by atoms with van der Waals surface area (Å²) >= 11 is 0. The van der Waals surface area contributed by atoms with Gasteiger partial charge in [0, 0.05) is 13.0 Å². The van der Waals surface area contributed by atoms with E-state index >= 15 is 0 Å². The topological polar surface area (TPSA) is 48.4 Å². The summed E-state index contributed by atoms with van der Waals surface area (Å²) in [6.45, 7) is 2.97. The van der Waals surface area contributed by atoms with Crippen LogP contribution in [0.3, 0.4) is 0 Å². The Balaban J connectivity index is 1.70. The molecule has 0 radical (unpaired) electrons. The lowest BCUT2D eigenvalue weighted by Crippen LogP contribution is -2.40. The molecule has 2 N–H and O–H groups in total. The number of rotatable bonds is 3. The highest BCUT2D eigenvalue weighted by Gasteiger charge is 2.42. The molecule has 1 aromatic heterocycles. The van der Waals surface area contributed by atoms with Gasteiger partial charge in [-0.05, 0) is 43.7 Å². The molecule has 2 aliphatic rings. The summed E-state index contributed by atoms with van der Waals surface area (Å²) in [7, 11) is 0. The molecule has 1 saturated carbocycles. The van der Waals surface area contributed by atoms with Crippen LogP contribution in [0.2, 0.25) is 0 Å². The molecule has 106 valence electrons. The molecule has 0 bridgehead atoms. The number of ether oxygens (including phenoxy) is 1. The Morgan fingerprint density at radius 2 is 2.16 bits per heavy atom. The van der Waals surface area contributed by atoms with Crippen molar-refractivity contribution in [3.63, 3.8) is 0 Å². The largest absolute Gasteiger partial charge is 0.464 e. The summed E-state index contributed by atoms with van der Waals surface area (Å²) in [6, 6.07) is 4.14. The van der Waals surface area contributed by atoms with Crippen LogP contribution in [-0.2, 0) is 11.2 Å². The Morgan fingerprint density at radius 3 is 2.84 bits per heavy atom. The normalized spacial score (nSPS) is 27.8. The monoisotopic (exact) mass is 263 g/mol. The third-order valence-corrected chi connectivity index (χ3v) is 4.91. The van der Waals surface area contributed by atoms with Crippen LogP contribution in [0, 0.1) is 5.92 Å². The first-order valence-electron chi connectivity index (χ1n) is 7.70. The molecule has 1 aromatic rings. The van der Waals surface area contributed by atoms with Crippen molar-refractivity contribution in [2.45, 2.75) is 63.5 Å². The number of nitrogens with two attached hydrogens (primary N) is 1. The van der Waals surface area contributed by atoms with Crippen LogP contribution in [0.25, 0.3) is 0 Å². The van der Waals surface area contributed by atoms with Crippen molar-refractivity contribution in [3.8, 4) is 0 Å². The fraction of sp³-hybridized carbons (Fsp3) is 0.750. The first-order valence-corrected chi connectivity index (χ1v) is 7.70. The quantitative estimate of drug-likeness (QED) is 0.906.